The molecule has 0 aliphatic heterocycles. The summed E-state index contributed by atoms with van der Waals surface area (Å²) in [5.74, 6) is 0.747. The first-order valence-corrected chi connectivity index (χ1v) is 7.00. The van der Waals surface area contributed by atoms with Gasteiger partial charge in [0.25, 0.3) is 5.82 Å². The van der Waals surface area contributed by atoms with Gasteiger partial charge in [0.15, 0.2) is 0 Å². The quantitative estimate of drug-likeness (QED) is 0.674. The van der Waals surface area contributed by atoms with Gasteiger partial charge in [0.2, 0.25) is 0 Å². The van der Waals surface area contributed by atoms with E-state index < -0.39 is 0 Å². The van der Waals surface area contributed by atoms with Crippen LogP contribution in [0.3, 0.4) is 0 Å². The molecule has 3 heteroatoms. The molecule has 1 heterocycles. The minimum absolute atomic E-state index is 0.732. The van der Waals surface area contributed by atoms with Crippen molar-refractivity contribution in [1.82, 2.24) is 0 Å². The predicted molar refractivity (Wildman–Crippen MR) is 88.6 cm³/mol. The molecule has 0 spiro atoms. The maximum absolute atomic E-state index is 5.95. The highest BCUT2D eigenvalue weighted by Gasteiger charge is 2.08. The fourth-order valence-electron chi connectivity index (χ4n) is 2.01. The molecule has 0 aliphatic rings. The lowest BCUT2D eigenvalue weighted by molar-refractivity contribution is -0.674. The molecule has 0 aliphatic carbocycles. The van der Waals surface area contributed by atoms with Crippen molar-refractivity contribution in [3.05, 3.63) is 72.4 Å². The van der Waals surface area contributed by atoms with Crippen LogP contribution in [0.25, 0.3) is 12.2 Å². The SMILES string of the molecule is C=Cc1cccc(C[n+]2ccccc2N)c1C=C.CCl. The van der Waals surface area contributed by atoms with Gasteiger partial charge >= 0.3 is 0 Å². The fourth-order valence-corrected chi connectivity index (χ4v) is 2.01. The number of rotatable bonds is 4. The van der Waals surface area contributed by atoms with Gasteiger partial charge in [0.05, 0.1) is 6.20 Å². The highest BCUT2D eigenvalue weighted by molar-refractivity contribution is 6.15. The minimum atomic E-state index is 0.732. The number of pyridine rings is 1. The third kappa shape index (κ3) is 3.72. The zero-order valence-electron chi connectivity index (χ0n) is 11.7. The molecule has 0 radical (unpaired) electrons. The second-order valence-electron chi connectivity index (χ2n) is 4.08. The second kappa shape index (κ2) is 8.18. The number of nitrogens with two attached hydrogens (primary N) is 1. The molecular formula is C17H20ClN2+. The van der Waals surface area contributed by atoms with E-state index in [4.69, 9.17) is 5.73 Å². The molecule has 0 atom stereocenters. The number of hydrogen-bond donors (Lipinski definition) is 1. The maximum Gasteiger partial charge on any atom is 0.272 e. The molecule has 0 bridgehead atoms. The molecule has 0 unspecified atom stereocenters. The van der Waals surface area contributed by atoms with Crippen LogP contribution in [0.5, 0.6) is 0 Å². The topological polar surface area (TPSA) is 29.9 Å². The third-order valence-corrected chi connectivity index (χ3v) is 2.97. The van der Waals surface area contributed by atoms with Gasteiger partial charge in [-0.15, -0.1) is 11.6 Å². The van der Waals surface area contributed by atoms with Crippen LogP contribution in [0.1, 0.15) is 16.7 Å². The van der Waals surface area contributed by atoms with Crippen LogP contribution in [0.15, 0.2) is 55.8 Å². The van der Waals surface area contributed by atoms with E-state index in [0.717, 1.165) is 23.5 Å². The van der Waals surface area contributed by atoms with Crippen LogP contribution < -0.4 is 10.3 Å². The molecule has 20 heavy (non-hydrogen) atoms. The van der Waals surface area contributed by atoms with E-state index in [-0.39, 0.29) is 0 Å². The second-order valence-corrected chi connectivity index (χ2v) is 4.08. The summed E-state index contributed by atoms with van der Waals surface area (Å²) in [6.07, 6.45) is 7.16. The first-order chi connectivity index (χ1) is 9.76. The minimum Gasteiger partial charge on any atom is -0.287 e. The predicted octanol–water partition coefficient (Wildman–Crippen LogP) is 3.75. The van der Waals surface area contributed by atoms with Crippen LogP contribution in [0, 0.1) is 0 Å². The van der Waals surface area contributed by atoms with Crippen molar-refractivity contribution in [2.45, 2.75) is 6.54 Å². The largest absolute Gasteiger partial charge is 0.287 e. The lowest BCUT2D eigenvalue weighted by atomic mass is 10.0. The number of alkyl halides is 1. The Labute approximate surface area is 125 Å². The van der Waals surface area contributed by atoms with E-state index in [0.29, 0.717) is 0 Å². The Morgan fingerprint density at radius 2 is 1.85 bits per heavy atom. The van der Waals surface area contributed by atoms with E-state index in [1.165, 1.54) is 11.9 Å². The molecule has 1 aromatic carbocycles. The van der Waals surface area contributed by atoms with Gasteiger partial charge < -0.3 is 0 Å². The Bertz CT molecular complexity index is 591. The van der Waals surface area contributed by atoms with Crippen molar-refractivity contribution in [2.75, 3.05) is 12.1 Å². The lowest BCUT2D eigenvalue weighted by Crippen LogP contribution is -2.37. The molecule has 0 fully saturated rings. The summed E-state index contributed by atoms with van der Waals surface area (Å²) in [7, 11) is 0. The van der Waals surface area contributed by atoms with Crippen molar-refractivity contribution in [3.63, 3.8) is 0 Å². The zero-order chi connectivity index (χ0) is 15.0. The molecule has 104 valence electrons. The Kier molecular flexibility index (Phi) is 6.54. The van der Waals surface area contributed by atoms with Crippen LogP contribution in [0.4, 0.5) is 5.82 Å². The van der Waals surface area contributed by atoms with Crippen molar-refractivity contribution < 1.29 is 4.57 Å². The average molecular weight is 288 g/mol. The first kappa shape index (κ1) is 16.0. The van der Waals surface area contributed by atoms with Crippen LogP contribution in [0.2, 0.25) is 0 Å². The Balaban J connectivity index is 0.000000956. The standard InChI is InChI=1S/C16H16N2.CH3Cl/c1-3-13-8-7-9-14(15(13)4-2)12-18-11-6-5-10-16(18)17;1-2/h3-11,17H,1-2,12H2;1H3/p+1. The molecule has 2 aromatic rings. The number of halogens is 1. The lowest BCUT2D eigenvalue weighted by Gasteiger charge is -2.09. The molecule has 2 N–H and O–H groups in total. The maximum atomic E-state index is 5.95. The van der Waals surface area contributed by atoms with Crippen LogP contribution >= 0.6 is 11.6 Å². The highest BCUT2D eigenvalue weighted by atomic mass is 35.5. The number of anilines is 1. The molecule has 2 nitrogen and oxygen atoms in total. The Morgan fingerprint density at radius 3 is 2.45 bits per heavy atom. The number of aromatic nitrogens is 1. The fraction of sp³-hybridized carbons (Fsp3) is 0.118. The van der Waals surface area contributed by atoms with Gasteiger partial charge in [0, 0.05) is 18.0 Å². The van der Waals surface area contributed by atoms with Crippen molar-refractivity contribution in [2.24, 2.45) is 0 Å². The van der Waals surface area contributed by atoms with Gasteiger partial charge in [-0.3, -0.25) is 5.73 Å². The number of nitrogens with zero attached hydrogens (tertiary/aromatic N) is 1. The van der Waals surface area contributed by atoms with Gasteiger partial charge in [0.1, 0.15) is 6.54 Å². The van der Waals surface area contributed by atoms with Crippen molar-refractivity contribution in [1.29, 1.82) is 0 Å². The number of hydrogen-bond acceptors (Lipinski definition) is 1. The van der Waals surface area contributed by atoms with Crippen LogP contribution in [-0.2, 0) is 6.54 Å². The summed E-state index contributed by atoms with van der Waals surface area (Å²) < 4.78 is 2.01. The van der Waals surface area contributed by atoms with E-state index in [2.05, 4.69) is 30.8 Å². The normalized spacial score (nSPS) is 9.30. The summed E-state index contributed by atoms with van der Waals surface area (Å²) in [6, 6.07) is 11.9. The van der Waals surface area contributed by atoms with Crippen molar-refractivity contribution >= 4 is 29.6 Å². The summed E-state index contributed by atoms with van der Waals surface area (Å²) in [5.41, 5.74) is 9.34. The molecule has 1 aromatic heterocycles. The van der Waals surface area contributed by atoms with E-state index in [1.54, 1.807) is 0 Å². The monoisotopic (exact) mass is 287 g/mol. The third-order valence-electron chi connectivity index (χ3n) is 2.97. The van der Waals surface area contributed by atoms with E-state index in [1.807, 2.05) is 53.2 Å². The van der Waals surface area contributed by atoms with E-state index in [9.17, 15) is 0 Å². The van der Waals surface area contributed by atoms with Crippen molar-refractivity contribution in [3.8, 4) is 0 Å². The molecule has 0 saturated carbocycles. The van der Waals surface area contributed by atoms with Gasteiger partial charge in [-0.1, -0.05) is 49.6 Å². The zero-order valence-corrected chi connectivity index (χ0v) is 12.5. The van der Waals surface area contributed by atoms with Gasteiger partial charge in [-0.05, 0) is 17.2 Å². The van der Waals surface area contributed by atoms with Crippen LogP contribution in [-0.4, -0.2) is 6.38 Å². The molecule has 2 rings (SSSR count). The molecule has 0 amide bonds. The van der Waals surface area contributed by atoms with Gasteiger partial charge in [-0.2, -0.15) is 0 Å². The summed E-state index contributed by atoms with van der Waals surface area (Å²) in [4.78, 5) is 0. The highest BCUT2D eigenvalue weighted by Crippen LogP contribution is 2.17. The number of benzene rings is 1. The summed E-state index contributed by atoms with van der Waals surface area (Å²) in [6.45, 7) is 8.43. The van der Waals surface area contributed by atoms with E-state index >= 15 is 0 Å². The Hall–Kier alpha value is -2.06. The first-order valence-electron chi connectivity index (χ1n) is 6.24. The molecule has 0 saturated heterocycles. The average Bonchev–Trinajstić information content (AvgIpc) is 2.51. The molecular weight excluding hydrogens is 268 g/mol. The Morgan fingerprint density at radius 1 is 1.10 bits per heavy atom. The van der Waals surface area contributed by atoms with Gasteiger partial charge in [-0.25, -0.2) is 4.57 Å². The smallest absolute Gasteiger partial charge is 0.272 e. The summed E-state index contributed by atoms with van der Waals surface area (Å²) >= 11 is 4.64. The number of nitrogen functional groups attached to an aromatic ring is 1. The summed E-state index contributed by atoms with van der Waals surface area (Å²) in [5, 5.41) is 0.